The topological polar surface area (TPSA) is 65.5 Å². The maximum atomic E-state index is 11.9. The maximum absolute atomic E-state index is 11.9. The SMILES string of the molecule is CC(=O)NCC(=O)N1CC2(CCN(Cc3csc(C)n3)C2)C1. The summed E-state index contributed by atoms with van der Waals surface area (Å²) in [5.74, 6) is -0.136. The van der Waals surface area contributed by atoms with E-state index in [0.29, 0.717) is 0 Å². The molecule has 2 amide bonds. The fraction of sp³-hybridized carbons (Fsp3) is 0.667. The molecule has 0 bridgehead atoms. The minimum atomic E-state index is -0.158. The molecule has 3 rings (SSSR count). The summed E-state index contributed by atoms with van der Waals surface area (Å²) in [5, 5.41) is 5.81. The van der Waals surface area contributed by atoms with E-state index in [1.807, 2.05) is 11.8 Å². The van der Waals surface area contributed by atoms with Gasteiger partial charge < -0.3 is 10.2 Å². The Labute approximate surface area is 134 Å². The summed E-state index contributed by atoms with van der Waals surface area (Å²) in [5.41, 5.74) is 1.41. The molecule has 1 N–H and O–H groups in total. The molecule has 120 valence electrons. The van der Waals surface area contributed by atoms with Gasteiger partial charge in [-0.25, -0.2) is 4.98 Å². The van der Waals surface area contributed by atoms with Gasteiger partial charge in [0.1, 0.15) is 0 Å². The van der Waals surface area contributed by atoms with Crippen LogP contribution in [0.1, 0.15) is 24.0 Å². The van der Waals surface area contributed by atoms with Crippen molar-refractivity contribution in [3.63, 3.8) is 0 Å². The van der Waals surface area contributed by atoms with Gasteiger partial charge in [0.2, 0.25) is 11.8 Å². The average molecular weight is 322 g/mol. The van der Waals surface area contributed by atoms with Gasteiger partial charge in [-0.3, -0.25) is 14.5 Å². The number of amides is 2. The molecule has 1 spiro atoms. The van der Waals surface area contributed by atoms with Gasteiger partial charge in [0, 0.05) is 43.9 Å². The number of thiazole rings is 1. The van der Waals surface area contributed by atoms with Crippen molar-refractivity contribution in [3.8, 4) is 0 Å². The Morgan fingerprint density at radius 3 is 2.82 bits per heavy atom. The van der Waals surface area contributed by atoms with E-state index in [0.717, 1.165) is 49.8 Å². The van der Waals surface area contributed by atoms with E-state index < -0.39 is 0 Å². The van der Waals surface area contributed by atoms with Crippen LogP contribution in [-0.4, -0.2) is 59.3 Å². The molecule has 3 heterocycles. The Morgan fingerprint density at radius 1 is 1.41 bits per heavy atom. The van der Waals surface area contributed by atoms with Crippen LogP contribution in [0.25, 0.3) is 0 Å². The summed E-state index contributed by atoms with van der Waals surface area (Å²) >= 11 is 1.69. The molecule has 0 unspecified atom stereocenters. The minimum absolute atomic E-state index is 0.0226. The molecule has 0 radical (unpaired) electrons. The number of hydrogen-bond acceptors (Lipinski definition) is 5. The van der Waals surface area contributed by atoms with E-state index >= 15 is 0 Å². The first-order valence-electron chi connectivity index (χ1n) is 7.61. The largest absolute Gasteiger partial charge is 0.347 e. The van der Waals surface area contributed by atoms with Crippen molar-refractivity contribution in [2.75, 3.05) is 32.7 Å². The molecule has 2 saturated heterocycles. The molecule has 2 aliphatic heterocycles. The zero-order valence-corrected chi connectivity index (χ0v) is 13.9. The van der Waals surface area contributed by atoms with Crippen LogP contribution < -0.4 is 5.32 Å². The maximum Gasteiger partial charge on any atom is 0.242 e. The van der Waals surface area contributed by atoms with Crippen LogP contribution in [0.3, 0.4) is 0 Å². The van der Waals surface area contributed by atoms with E-state index in [-0.39, 0.29) is 23.8 Å². The van der Waals surface area contributed by atoms with Gasteiger partial charge in [-0.2, -0.15) is 0 Å². The summed E-state index contributed by atoms with van der Waals surface area (Å²) in [4.78, 5) is 31.6. The van der Waals surface area contributed by atoms with Crippen molar-refractivity contribution in [3.05, 3.63) is 16.1 Å². The van der Waals surface area contributed by atoms with Crippen molar-refractivity contribution >= 4 is 23.2 Å². The van der Waals surface area contributed by atoms with E-state index in [1.54, 1.807) is 11.3 Å². The molecule has 7 heteroatoms. The smallest absolute Gasteiger partial charge is 0.242 e. The Kier molecular flexibility index (Phi) is 4.18. The second kappa shape index (κ2) is 5.96. The lowest BCUT2D eigenvalue weighted by Crippen LogP contribution is -2.61. The molecule has 2 fully saturated rings. The van der Waals surface area contributed by atoms with Crippen LogP contribution in [0.2, 0.25) is 0 Å². The summed E-state index contributed by atoms with van der Waals surface area (Å²) < 4.78 is 0. The summed E-state index contributed by atoms with van der Waals surface area (Å²) in [6, 6.07) is 0. The highest BCUT2D eigenvalue weighted by Gasteiger charge is 2.48. The minimum Gasteiger partial charge on any atom is -0.347 e. The molecule has 0 atom stereocenters. The highest BCUT2D eigenvalue weighted by Crippen LogP contribution is 2.39. The standard InChI is InChI=1S/C15H22N4O2S/c1-11(20)16-5-14(21)19-9-15(10-19)3-4-18(8-15)6-13-7-22-12(2)17-13/h7H,3-6,8-10H2,1-2H3,(H,16,20). The third-order valence-electron chi connectivity index (χ3n) is 4.46. The summed E-state index contributed by atoms with van der Waals surface area (Å²) in [7, 11) is 0. The number of aryl methyl sites for hydroxylation is 1. The van der Waals surface area contributed by atoms with Crippen molar-refractivity contribution in [2.45, 2.75) is 26.8 Å². The number of aromatic nitrogens is 1. The Morgan fingerprint density at radius 2 is 2.18 bits per heavy atom. The van der Waals surface area contributed by atoms with Crippen LogP contribution in [0.15, 0.2) is 5.38 Å². The normalized spacial score (nSPS) is 20.2. The number of carbonyl (C=O) groups excluding carboxylic acids is 2. The number of rotatable bonds is 4. The Bertz CT molecular complexity index is 580. The predicted octanol–water partition coefficient (Wildman–Crippen LogP) is 0.622. The predicted molar refractivity (Wildman–Crippen MR) is 84.4 cm³/mol. The lowest BCUT2D eigenvalue weighted by molar-refractivity contribution is -0.142. The van der Waals surface area contributed by atoms with E-state index in [9.17, 15) is 9.59 Å². The molecule has 0 aliphatic carbocycles. The molecule has 6 nitrogen and oxygen atoms in total. The molecular formula is C15H22N4O2S. The fourth-order valence-corrected chi connectivity index (χ4v) is 3.99. The molecule has 1 aromatic heterocycles. The highest BCUT2D eigenvalue weighted by atomic mass is 32.1. The van der Waals surface area contributed by atoms with Gasteiger partial charge in [0.05, 0.1) is 17.2 Å². The van der Waals surface area contributed by atoms with Crippen molar-refractivity contribution < 1.29 is 9.59 Å². The second-order valence-corrected chi connectivity index (χ2v) is 7.54. The zero-order chi connectivity index (χ0) is 15.7. The molecule has 1 aromatic rings. The third-order valence-corrected chi connectivity index (χ3v) is 5.29. The van der Waals surface area contributed by atoms with E-state index in [1.165, 1.54) is 6.92 Å². The Hall–Kier alpha value is -1.47. The molecule has 0 saturated carbocycles. The highest BCUT2D eigenvalue weighted by molar-refractivity contribution is 7.09. The molecule has 22 heavy (non-hydrogen) atoms. The van der Waals surface area contributed by atoms with Crippen molar-refractivity contribution in [2.24, 2.45) is 5.41 Å². The van der Waals surface area contributed by atoms with Gasteiger partial charge in [-0.05, 0) is 19.9 Å². The van der Waals surface area contributed by atoms with E-state index in [2.05, 4.69) is 20.6 Å². The van der Waals surface area contributed by atoms with Crippen molar-refractivity contribution in [1.29, 1.82) is 0 Å². The van der Waals surface area contributed by atoms with Crippen LogP contribution in [0, 0.1) is 12.3 Å². The van der Waals surface area contributed by atoms with Crippen LogP contribution in [0.4, 0.5) is 0 Å². The lowest BCUT2D eigenvalue weighted by atomic mass is 9.79. The number of nitrogens with zero attached hydrogens (tertiary/aromatic N) is 3. The lowest BCUT2D eigenvalue weighted by Gasteiger charge is -2.48. The zero-order valence-electron chi connectivity index (χ0n) is 13.1. The summed E-state index contributed by atoms with van der Waals surface area (Å²) in [6.45, 7) is 8.23. The number of hydrogen-bond donors (Lipinski definition) is 1. The average Bonchev–Trinajstić information content (AvgIpc) is 3.01. The van der Waals surface area contributed by atoms with E-state index in [4.69, 9.17) is 0 Å². The van der Waals surface area contributed by atoms with Crippen LogP contribution in [-0.2, 0) is 16.1 Å². The number of nitrogens with one attached hydrogen (secondary N) is 1. The molecule has 2 aliphatic rings. The van der Waals surface area contributed by atoms with Gasteiger partial charge in [-0.15, -0.1) is 11.3 Å². The van der Waals surface area contributed by atoms with Gasteiger partial charge >= 0.3 is 0 Å². The Balaban J connectivity index is 1.45. The van der Waals surface area contributed by atoms with Gasteiger partial charge in [0.25, 0.3) is 0 Å². The van der Waals surface area contributed by atoms with Gasteiger partial charge in [-0.1, -0.05) is 0 Å². The first-order chi connectivity index (χ1) is 10.5. The fourth-order valence-electron chi connectivity index (χ4n) is 3.38. The third kappa shape index (κ3) is 3.30. The van der Waals surface area contributed by atoms with Crippen LogP contribution >= 0.6 is 11.3 Å². The molecular weight excluding hydrogens is 300 g/mol. The van der Waals surface area contributed by atoms with Crippen LogP contribution in [0.5, 0.6) is 0 Å². The van der Waals surface area contributed by atoms with Crippen molar-refractivity contribution in [1.82, 2.24) is 20.1 Å². The quantitative estimate of drug-likeness (QED) is 0.883. The number of carbonyl (C=O) groups is 2. The monoisotopic (exact) mass is 322 g/mol. The first kappa shape index (κ1) is 15.4. The summed E-state index contributed by atoms with van der Waals surface area (Å²) in [6.07, 6.45) is 1.14. The number of likely N-dealkylation sites (tertiary alicyclic amines) is 2. The molecule has 0 aromatic carbocycles. The second-order valence-electron chi connectivity index (χ2n) is 6.48. The van der Waals surface area contributed by atoms with Gasteiger partial charge in [0.15, 0.2) is 0 Å². The first-order valence-corrected chi connectivity index (χ1v) is 8.49.